The Morgan fingerprint density at radius 3 is 2.36 bits per heavy atom. The van der Waals surface area contributed by atoms with Gasteiger partial charge in [-0.3, -0.25) is 4.79 Å². The lowest BCUT2D eigenvalue weighted by atomic mass is 10.0. The van der Waals surface area contributed by atoms with E-state index in [9.17, 15) is 9.90 Å². The molecule has 0 amide bonds. The van der Waals surface area contributed by atoms with Gasteiger partial charge in [0.25, 0.3) is 0 Å². The van der Waals surface area contributed by atoms with Crippen molar-refractivity contribution in [3.05, 3.63) is 84.2 Å². The number of nitrogens with two attached hydrogens (primary N) is 1. The van der Waals surface area contributed by atoms with Gasteiger partial charge in [-0.25, -0.2) is 4.98 Å². The monoisotopic (exact) mass is 371 g/mol. The first-order chi connectivity index (χ1) is 13.5. The first kappa shape index (κ1) is 17.9. The zero-order valence-corrected chi connectivity index (χ0v) is 15.5. The topological polar surface area (TPSA) is 80.6 Å². The van der Waals surface area contributed by atoms with E-state index in [2.05, 4.69) is 24.3 Å². The van der Waals surface area contributed by atoms with Gasteiger partial charge in [-0.05, 0) is 35.7 Å². The Morgan fingerprint density at radius 2 is 1.68 bits per heavy atom. The lowest BCUT2D eigenvalue weighted by molar-refractivity contribution is -0.138. The highest BCUT2D eigenvalue weighted by molar-refractivity contribution is 5.76. The van der Waals surface area contributed by atoms with Gasteiger partial charge in [0.15, 0.2) is 0 Å². The van der Waals surface area contributed by atoms with Crippen molar-refractivity contribution in [1.29, 1.82) is 0 Å². The number of aryl methyl sites for hydroxylation is 1. The number of carboxylic acids is 1. The fourth-order valence-electron chi connectivity index (χ4n) is 3.37. The van der Waals surface area contributed by atoms with Crippen molar-refractivity contribution in [2.45, 2.75) is 19.4 Å². The Labute approximate surface area is 163 Å². The van der Waals surface area contributed by atoms with E-state index in [1.807, 2.05) is 60.0 Å². The number of imidazole rings is 1. The smallest absolute Gasteiger partial charge is 0.320 e. The molecule has 0 radical (unpaired) electrons. The number of benzene rings is 2. The lowest BCUT2D eigenvalue weighted by Gasteiger charge is -2.10. The largest absolute Gasteiger partial charge is 0.480 e. The van der Waals surface area contributed by atoms with Crippen LogP contribution in [0.5, 0.6) is 0 Å². The summed E-state index contributed by atoms with van der Waals surface area (Å²) in [5.41, 5.74) is 12.5. The Hall–Kier alpha value is -3.44. The molecule has 1 unspecified atom stereocenters. The van der Waals surface area contributed by atoms with Crippen LogP contribution in [-0.2, 0) is 11.2 Å². The highest BCUT2D eigenvalue weighted by atomic mass is 16.4. The molecule has 0 aliphatic rings. The molecule has 5 nitrogen and oxygen atoms in total. The molecule has 0 aliphatic heterocycles. The van der Waals surface area contributed by atoms with Crippen molar-refractivity contribution in [1.82, 2.24) is 9.38 Å². The van der Waals surface area contributed by atoms with Gasteiger partial charge in [0.2, 0.25) is 0 Å². The lowest BCUT2D eigenvalue weighted by Crippen LogP contribution is -2.32. The van der Waals surface area contributed by atoms with Gasteiger partial charge < -0.3 is 15.2 Å². The normalized spacial score (nSPS) is 12.2. The van der Waals surface area contributed by atoms with Gasteiger partial charge >= 0.3 is 5.97 Å². The molecule has 0 aliphatic carbocycles. The Morgan fingerprint density at radius 1 is 1.04 bits per heavy atom. The molecule has 0 bridgehead atoms. The van der Waals surface area contributed by atoms with E-state index < -0.39 is 12.0 Å². The van der Waals surface area contributed by atoms with Crippen molar-refractivity contribution >= 4 is 11.6 Å². The third-order valence-electron chi connectivity index (χ3n) is 4.88. The van der Waals surface area contributed by atoms with Crippen molar-refractivity contribution in [2.24, 2.45) is 5.73 Å². The summed E-state index contributed by atoms with van der Waals surface area (Å²) in [6, 6.07) is 21.3. The maximum Gasteiger partial charge on any atom is 0.320 e. The summed E-state index contributed by atoms with van der Waals surface area (Å²) in [6.07, 6.45) is 2.12. The molecule has 28 heavy (non-hydrogen) atoms. The minimum atomic E-state index is -1.02. The highest BCUT2D eigenvalue weighted by Crippen LogP contribution is 2.28. The minimum Gasteiger partial charge on any atom is -0.480 e. The van der Waals surface area contributed by atoms with Crippen LogP contribution in [-0.4, -0.2) is 26.5 Å². The molecule has 1 atom stereocenters. The van der Waals surface area contributed by atoms with Crippen LogP contribution in [0.15, 0.2) is 72.9 Å². The van der Waals surface area contributed by atoms with E-state index in [4.69, 9.17) is 10.7 Å². The summed E-state index contributed by atoms with van der Waals surface area (Å²) < 4.78 is 1.93. The number of nitrogens with zero attached hydrogens (tertiary/aromatic N) is 2. The van der Waals surface area contributed by atoms with Gasteiger partial charge in [-0.2, -0.15) is 0 Å². The second-order valence-electron chi connectivity index (χ2n) is 6.93. The third kappa shape index (κ3) is 3.40. The fraction of sp³-hybridized carbons (Fsp3) is 0.130. The summed E-state index contributed by atoms with van der Waals surface area (Å²) in [5, 5.41) is 9.27. The van der Waals surface area contributed by atoms with Crippen LogP contribution in [0.4, 0.5) is 0 Å². The molecule has 5 heteroatoms. The molecule has 0 saturated heterocycles. The van der Waals surface area contributed by atoms with E-state index in [-0.39, 0.29) is 6.42 Å². The number of carbonyl (C=O) groups is 1. The number of fused-ring (bicyclic) bond motifs is 1. The summed E-state index contributed by atoms with van der Waals surface area (Å²) in [4.78, 5) is 16.1. The molecule has 2 heterocycles. The van der Waals surface area contributed by atoms with Crippen LogP contribution in [0.1, 0.15) is 11.3 Å². The van der Waals surface area contributed by atoms with Gasteiger partial charge in [0.05, 0.1) is 11.4 Å². The van der Waals surface area contributed by atoms with Gasteiger partial charge in [0.1, 0.15) is 11.7 Å². The van der Waals surface area contributed by atoms with E-state index >= 15 is 0 Å². The number of carboxylic acid groups (broad SMARTS) is 1. The second-order valence-corrected chi connectivity index (χ2v) is 6.93. The molecule has 4 aromatic rings. The SMILES string of the molecule is Cc1ccn2c(CC(N)C(=O)O)c(-c3ccc(-c4ccccc4)cc3)nc2c1. The molecular formula is C23H21N3O2. The number of pyridine rings is 1. The summed E-state index contributed by atoms with van der Waals surface area (Å²) in [6.45, 7) is 2.01. The predicted molar refractivity (Wildman–Crippen MR) is 110 cm³/mol. The van der Waals surface area contributed by atoms with Gasteiger partial charge in [0, 0.05) is 18.2 Å². The van der Waals surface area contributed by atoms with Crippen molar-refractivity contribution in [3.8, 4) is 22.4 Å². The fourth-order valence-corrected chi connectivity index (χ4v) is 3.37. The van der Waals surface area contributed by atoms with Crippen molar-refractivity contribution in [3.63, 3.8) is 0 Å². The second kappa shape index (κ2) is 7.29. The average molecular weight is 371 g/mol. The minimum absolute atomic E-state index is 0.204. The summed E-state index contributed by atoms with van der Waals surface area (Å²) in [5.74, 6) is -1.02. The van der Waals surface area contributed by atoms with Crippen LogP contribution in [0.2, 0.25) is 0 Å². The molecule has 3 N–H and O–H groups in total. The zero-order valence-electron chi connectivity index (χ0n) is 15.5. The van der Waals surface area contributed by atoms with Crippen LogP contribution in [0, 0.1) is 6.92 Å². The average Bonchev–Trinajstić information content (AvgIpc) is 3.06. The van der Waals surface area contributed by atoms with E-state index in [1.165, 1.54) is 0 Å². The maximum absolute atomic E-state index is 11.3. The van der Waals surface area contributed by atoms with E-state index in [0.29, 0.717) is 0 Å². The van der Waals surface area contributed by atoms with Gasteiger partial charge in [-0.15, -0.1) is 0 Å². The first-order valence-electron chi connectivity index (χ1n) is 9.15. The molecule has 140 valence electrons. The number of aromatic nitrogens is 2. The summed E-state index contributed by atoms with van der Waals surface area (Å²) in [7, 11) is 0. The molecule has 4 rings (SSSR count). The van der Waals surface area contributed by atoms with E-state index in [0.717, 1.165) is 39.3 Å². The number of aliphatic carboxylic acids is 1. The first-order valence-corrected chi connectivity index (χ1v) is 9.15. The Bertz CT molecular complexity index is 1130. The number of hydrogen-bond acceptors (Lipinski definition) is 3. The Balaban J connectivity index is 1.80. The molecule has 0 spiro atoms. The predicted octanol–water partition coefficient (Wildman–Crippen LogP) is 3.93. The molecule has 0 saturated carbocycles. The standard InChI is InChI=1S/C23H21N3O2/c1-15-11-12-26-20(14-19(24)23(27)28)22(25-21(26)13-15)18-9-7-17(8-10-18)16-5-3-2-4-6-16/h2-13,19H,14,24H2,1H3,(H,27,28). The van der Waals surface area contributed by atoms with E-state index in [1.54, 1.807) is 0 Å². The van der Waals surface area contributed by atoms with Gasteiger partial charge in [-0.1, -0.05) is 54.6 Å². The van der Waals surface area contributed by atoms with Crippen LogP contribution in [0.25, 0.3) is 28.0 Å². The van der Waals surface area contributed by atoms with Crippen LogP contribution in [0.3, 0.4) is 0 Å². The quantitative estimate of drug-likeness (QED) is 0.557. The Kier molecular flexibility index (Phi) is 4.67. The molecule has 2 aromatic heterocycles. The maximum atomic E-state index is 11.3. The molecule has 0 fully saturated rings. The van der Waals surface area contributed by atoms with Crippen molar-refractivity contribution in [2.75, 3.05) is 0 Å². The molecular weight excluding hydrogens is 350 g/mol. The van der Waals surface area contributed by atoms with Crippen LogP contribution >= 0.6 is 0 Å². The highest BCUT2D eigenvalue weighted by Gasteiger charge is 2.20. The zero-order chi connectivity index (χ0) is 19.7. The third-order valence-corrected chi connectivity index (χ3v) is 4.88. The summed E-state index contributed by atoms with van der Waals surface area (Å²) >= 11 is 0. The van der Waals surface area contributed by atoms with Crippen LogP contribution < -0.4 is 5.73 Å². The molecule has 2 aromatic carbocycles. The number of hydrogen-bond donors (Lipinski definition) is 2. The van der Waals surface area contributed by atoms with Crippen molar-refractivity contribution < 1.29 is 9.90 Å². The number of rotatable bonds is 5.